The minimum atomic E-state index is 0.0837. The van der Waals surface area contributed by atoms with Gasteiger partial charge in [0, 0.05) is 44.5 Å². The van der Waals surface area contributed by atoms with Crippen LogP contribution in [0.15, 0.2) is 0 Å². The van der Waals surface area contributed by atoms with Crippen molar-refractivity contribution in [1.82, 2.24) is 15.1 Å². The highest BCUT2D eigenvalue weighted by Crippen LogP contribution is 2.28. The lowest BCUT2D eigenvalue weighted by Gasteiger charge is -2.32. The lowest BCUT2D eigenvalue weighted by Crippen LogP contribution is -2.48. The second-order valence-electron chi connectivity index (χ2n) is 6.27. The molecule has 0 aromatic rings. The van der Waals surface area contributed by atoms with Crippen molar-refractivity contribution in [2.24, 2.45) is 0 Å². The van der Waals surface area contributed by atoms with E-state index in [1.807, 2.05) is 23.7 Å². The molecule has 2 unspecified atom stereocenters. The number of hydrogen-bond acceptors (Lipinski definition) is 4. The van der Waals surface area contributed by atoms with E-state index in [-0.39, 0.29) is 6.03 Å². The predicted molar refractivity (Wildman–Crippen MR) is 92.6 cm³/mol. The number of rotatable bonds is 6. The number of nitrogens with zero attached hydrogens (tertiary/aromatic N) is 2. The van der Waals surface area contributed by atoms with Crippen molar-refractivity contribution in [2.45, 2.75) is 43.9 Å². The highest BCUT2D eigenvalue weighted by Gasteiger charge is 2.24. The maximum atomic E-state index is 12.3. The molecular weight excluding hydrogens is 298 g/mol. The van der Waals surface area contributed by atoms with Gasteiger partial charge in [-0.25, -0.2) is 4.79 Å². The third-order valence-electron chi connectivity index (χ3n) is 4.56. The first kappa shape index (κ1) is 17.9. The monoisotopic (exact) mass is 329 g/mol. The van der Waals surface area contributed by atoms with E-state index in [1.54, 1.807) is 0 Å². The van der Waals surface area contributed by atoms with Crippen molar-refractivity contribution in [2.75, 3.05) is 52.2 Å². The molecule has 0 bridgehead atoms. The Morgan fingerprint density at radius 1 is 1.36 bits per heavy atom. The van der Waals surface area contributed by atoms with Gasteiger partial charge < -0.3 is 15.0 Å². The Kier molecular flexibility index (Phi) is 7.83. The average molecular weight is 330 g/mol. The second kappa shape index (κ2) is 9.63. The molecule has 2 atom stereocenters. The molecule has 2 aliphatic rings. The van der Waals surface area contributed by atoms with Crippen LogP contribution in [0.25, 0.3) is 0 Å². The number of hydrogen-bond donors (Lipinski definition) is 1. The van der Waals surface area contributed by atoms with Gasteiger partial charge in [0.25, 0.3) is 0 Å². The van der Waals surface area contributed by atoms with Crippen molar-refractivity contribution < 1.29 is 9.53 Å². The van der Waals surface area contributed by atoms with Crippen molar-refractivity contribution in [3.8, 4) is 0 Å². The molecule has 1 aliphatic heterocycles. The van der Waals surface area contributed by atoms with Gasteiger partial charge in [0.2, 0.25) is 0 Å². The van der Waals surface area contributed by atoms with E-state index >= 15 is 0 Å². The molecule has 2 amide bonds. The van der Waals surface area contributed by atoms with Crippen LogP contribution in [0.2, 0.25) is 0 Å². The zero-order valence-electron chi connectivity index (χ0n) is 14.1. The summed E-state index contributed by atoms with van der Waals surface area (Å²) in [7, 11) is 1.90. The van der Waals surface area contributed by atoms with E-state index in [1.165, 1.54) is 18.6 Å². The van der Waals surface area contributed by atoms with Gasteiger partial charge in [-0.1, -0.05) is 13.3 Å². The summed E-state index contributed by atoms with van der Waals surface area (Å²) in [6.07, 6.45) is 4.79. The molecule has 22 heavy (non-hydrogen) atoms. The van der Waals surface area contributed by atoms with Crippen LogP contribution >= 0.6 is 11.8 Å². The quantitative estimate of drug-likeness (QED) is 0.810. The summed E-state index contributed by atoms with van der Waals surface area (Å²) in [5.74, 6) is 1.17. The molecular formula is C16H31N3O2S. The lowest BCUT2D eigenvalue weighted by molar-refractivity contribution is 0.0356. The molecule has 2 fully saturated rings. The zero-order valence-corrected chi connectivity index (χ0v) is 14.9. The molecule has 2 rings (SSSR count). The smallest absolute Gasteiger partial charge is 0.317 e. The fourth-order valence-corrected chi connectivity index (χ4v) is 4.34. The van der Waals surface area contributed by atoms with Gasteiger partial charge in [0.05, 0.1) is 13.2 Å². The van der Waals surface area contributed by atoms with Gasteiger partial charge in [-0.2, -0.15) is 11.8 Å². The SMILES string of the molecule is CCSC1CCCC(NC(=O)N(C)CCN2CCOCC2)C1. The molecule has 5 nitrogen and oxygen atoms in total. The minimum absolute atomic E-state index is 0.0837. The minimum Gasteiger partial charge on any atom is -0.379 e. The second-order valence-corrected chi connectivity index (χ2v) is 7.84. The third-order valence-corrected chi connectivity index (χ3v) is 5.79. The number of morpholine rings is 1. The Morgan fingerprint density at radius 2 is 2.14 bits per heavy atom. The van der Waals surface area contributed by atoms with Crippen LogP contribution in [0.4, 0.5) is 4.79 Å². The molecule has 0 spiro atoms. The van der Waals surface area contributed by atoms with Crippen LogP contribution in [0.1, 0.15) is 32.6 Å². The molecule has 1 N–H and O–H groups in total. The van der Waals surface area contributed by atoms with E-state index in [9.17, 15) is 4.79 Å². The molecule has 1 heterocycles. The maximum absolute atomic E-state index is 12.3. The van der Waals surface area contributed by atoms with Gasteiger partial charge in [0.15, 0.2) is 0 Å². The van der Waals surface area contributed by atoms with E-state index in [2.05, 4.69) is 17.1 Å². The maximum Gasteiger partial charge on any atom is 0.317 e. The summed E-state index contributed by atoms with van der Waals surface area (Å²) in [6.45, 7) is 7.52. The molecule has 1 saturated heterocycles. The van der Waals surface area contributed by atoms with Gasteiger partial charge in [-0.3, -0.25) is 4.90 Å². The van der Waals surface area contributed by atoms with Gasteiger partial charge in [-0.15, -0.1) is 0 Å². The molecule has 6 heteroatoms. The van der Waals surface area contributed by atoms with Gasteiger partial charge in [0.1, 0.15) is 0 Å². The molecule has 128 valence electrons. The number of ether oxygens (including phenoxy) is 1. The van der Waals surface area contributed by atoms with Crippen LogP contribution in [0, 0.1) is 0 Å². The van der Waals surface area contributed by atoms with Crippen molar-refractivity contribution in [3.05, 3.63) is 0 Å². The van der Waals surface area contributed by atoms with Crippen LogP contribution < -0.4 is 5.32 Å². The normalized spacial score (nSPS) is 26.6. The van der Waals surface area contributed by atoms with Crippen LogP contribution in [0.5, 0.6) is 0 Å². The van der Waals surface area contributed by atoms with Crippen molar-refractivity contribution in [3.63, 3.8) is 0 Å². The van der Waals surface area contributed by atoms with Crippen LogP contribution in [0.3, 0.4) is 0 Å². The summed E-state index contributed by atoms with van der Waals surface area (Å²) in [4.78, 5) is 16.5. The van der Waals surface area contributed by atoms with Crippen LogP contribution in [-0.4, -0.2) is 79.3 Å². The highest BCUT2D eigenvalue weighted by molar-refractivity contribution is 7.99. The Morgan fingerprint density at radius 3 is 2.86 bits per heavy atom. The number of carbonyl (C=O) groups excluding carboxylic acids is 1. The Hall–Kier alpha value is -0.460. The Balaban J connectivity index is 1.66. The molecule has 1 saturated carbocycles. The summed E-state index contributed by atoms with van der Waals surface area (Å²) in [6, 6.07) is 0.441. The lowest BCUT2D eigenvalue weighted by atomic mass is 9.95. The number of amides is 2. The fourth-order valence-electron chi connectivity index (χ4n) is 3.17. The number of likely N-dealkylation sites (N-methyl/N-ethyl adjacent to an activating group) is 1. The molecule has 0 aromatic heterocycles. The summed E-state index contributed by atoms with van der Waals surface area (Å²) in [5, 5.41) is 3.95. The zero-order chi connectivity index (χ0) is 15.8. The Labute approximate surface area is 139 Å². The highest BCUT2D eigenvalue weighted by atomic mass is 32.2. The summed E-state index contributed by atoms with van der Waals surface area (Å²) >= 11 is 2.04. The van der Waals surface area contributed by atoms with Crippen LogP contribution in [-0.2, 0) is 4.74 Å². The number of carbonyl (C=O) groups is 1. The van der Waals surface area contributed by atoms with Gasteiger partial charge in [-0.05, 0) is 25.0 Å². The van der Waals surface area contributed by atoms with Gasteiger partial charge >= 0.3 is 6.03 Å². The topological polar surface area (TPSA) is 44.8 Å². The van der Waals surface area contributed by atoms with E-state index < -0.39 is 0 Å². The molecule has 0 radical (unpaired) electrons. The first-order chi connectivity index (χ1) is 10.7. The van der Waals surface area contributed by atoms with Crippen molar-refractivity contribution >= 4 is 17.8 Å². The third kappa shape index (κ3) is 5.97. The number of nitrogens with one attached hydrogen (secondary N) is 1. The molecule has 1 aliphatic carbocycles. The Bertz CT molecular complexity index is 335. The predicted octanol–water partition coefficient (Wildman–Crippen LogP) is 2.02. The standard InChI is InChI=1S/C16H31N3O2S/c1-3-22-15-6-4-5-14(13-15)17-16(20)18(2)7-8-19-9-11-21-12-10-19/h14-15H,3-13H2,1-2H3,(H,17,20). The summed E-state index contributed by atoms with van der Waals surface area (Å²) in [5.41, 5.74) is 0. The average Bonchev–Trinajstić information content (AvgIpc) is 2.54. The number of urea groups is 1. The fraction of sp³-hybridized carbons (Fsp3) is 0.938. The molecule has 0 aromatic carbocycles. The first-order valence-corrected chi connectivity index (χ1v) is 9.67. The first-order valence-electron chi connectivity index (χ1n) is 8.62. The van der Waals surface area contributed by atoms with E-state index in [4.69, 9.17) is 4.74 Å². The van der Waals surface area contributed by atoms with Crippen molar-refractivity contribution in [1.29, 1.82) is 0 Å². The number of thioether (sulfide) groups is 1. The van der Waals surface area contributed by atoms with E-state index in [0.717, 1.165) is 57.5 Å². The van der Waals surface area contributed by atoms with E-state index in [0.29, 0.717) is 6.04 Å². The summed E-state index contributed by atoms with van der Waals surface area (Å²) < 4.78 is 5.35. The largest absolute Gasteiger partial charge is 0.379 e.